The third kappa shape index (κ3) is 4.81. The van der Waals surface area contributed by atoms with Gasteiger partial charge in [-0.05, 0) is 60.4 Å². The summed E-state index contributed by atoms with van der Waals surface area (Å²) in [5.41, 5.74) is 1.57. The fourth-order valence-corrected chi connectivity index (χ4v) is 3.67. The van der Waals surface area contributed by atoms with E-state index in [4.69, 9.17) is 4.74 Å². The number of piperidine rings is 1. The minimum atomic E-state index is -0.164. The highest BCUT2D eigenvalue weighted by Crippen LogP contribution is 2.17. The summed E-state index contributed by atoms with van der Waals surface area (Å²) in [6, 6.07) is 7.43. The normalized spacial score (nSPS) is 21.3. The molecule has 0 aliphatic carbocycles. The second kappa shape index (κ2) is 8.45. The van der Waals surface area contributed by atoms with Crippen LogP contribution in [0.3, 0.4) is 0 Å². The van der Waals surface area contributed by atoms with Gasteiger partial charge in [0.25, 0.3) is 0 Å². The van der Waals surface area contributed by atoms with E-state index in [1.165, 1.54) is 19.2 Å². The van der Waals surface area contributed by atoms with Crippen LogP contribution in [-0.2, 0) is 4.74 Å². The lowest BCUT2D eigenvalue weighted by Crippen LogP contribution is -2.47. The number of tetrazole rings is 1. The lowest BCUT2D eigenvalue weighted by molar-refractivity contribution is 0.0633. The van der Waals surface area contributed by atoms with E-state index < -0.39 is 0 Å². The number of nitrogens with zero attached hydrogens (tertiary/aromatic N) is 5. The number of aromatic nitrogens is 4. The van der Waals surface area contributed by atoms with Crippen LogP contribution in [0, 0.1) is 0 Å². The molecule has 0 saturated carbocycles. The molecule has 27 heavy (non-hydrogen) atoms. The maximum absolute atomic E-state index is 12.3. The molecule has 2 aliphatic rings. The molecule has 1 atom stereocenters. The van der Waals surface area contributed by atoms with Crippen molar-refractivity contribution in [3.8, 4) is 5.69 Å². The smallest absolute Gasteiger partial charge is 0.319 e. The number of rotatable bonds is 5. The number of benzene rings is 1. The van der Waals surface area contributed by atoms with Gasteiger partial charge in [0.05, 0.1) is 11.8 Å². The third-order valence-electron chi connectivity index (χ3n) is 5.15. The van der Waals surface area contributed by atoms with Crippen molar-refractivity contribution in [2.24, 2.45) is 0 Å². The molecule has 2 saturated heterocycles. The molecule has 2 aliphatic heterocycles. The van der Waals surface area contributed by atoms with Crippen LogP contribution in [0.4, 0.5) is 10.5 Å². The number of amides is 2. The molecule has 3 heterocycles. The predicted octanol–water partition coefficient (Wildman–Crippen LogP) is 1.43. The van der Waals surface area contributed by atoms with Crippen molar-refractivity contribution in [3.05, 3.63) is 30.6 Å². The molecular formula is C18H25N7O2. The summed E-state index contributed by atoms with van der Waals surface area (Å²) in [6.45, 7) is 3.93. The highest BCUT2D eigenvalue weighted by atomic mass is 16.5. The summed E-state index contributed by atoms with van der Waals surface area (Å²) < 4.78 is 7.28. The van der Waals surface area contributed by atoms with Crippen LogP contribution in [0.5, 0.6) is 0 Å². The standard InChI is InChI=1S/C18H25N7O2/c26-18(20-14-3-5-16(6-4-14)25-13-19-22-23-25)21-15-7-9-24(10-8-15)12-17-2-1-11-27-17/h3-6,13,15,17H,1-2,7-12H2,(H2,20,21,26)/t17-/m1/s1. The Labute approximate surface area is 158 Å². The monoisotopic (exact) mass is 371 g/mol. The molecule has 4 rings (SSSR count). The Morgan fingerprint density at radius 3 is 2.67 bits per heavy atom. The number of anilines is 1. The molecule has 2 aromatic rings. The molecule has 144 valence electrons. The Morgan fingerprint density at radius 1 is 1.19 bits per heavy atom. The average Bonchev–Trinajstić information content (AvgIpc) is 3.38. The van der Waals surface area contributed by atoms with Gasteiger partial charge < -0.3 is 20.3 Å². The third-order valence-corrected chi connectivity index (χ3v) is 5.15. The highest BCUT2D eigenvalue weighted by Gasteiger charge is 2.24. The van der Waals surface area contributed by atoms with Crippen LogP contribution >= 0.6 is 0 Å². The molecule has 2 N–H and O–H groups in total. The lowest BCUT2D eigenvalue weighted by Gasteiger charge is -2.33. The number of likely N-dealkylation sites (tertiary alicyclic amines) is 1. The average molecular weight is 371 g/mol. The zero-order valence-corrected chi connectivity index (χ0v) is 15.3. The number of urea groups is 1. The molecule has 0 bridgehead atoms. The van der Waals surface area contributed by atoms with Crippen LogP contribution in [0.1, 0.15) is 25.7 Å². The number of hydrogen-bond acceptors (Lipinski definition) is 6. The minimum Gasteiger partial charge on any atom is -0.377 e. The number of hydrogen-bond donors (Lipinski definition) is 2. The van der Waals surface area contributed by atoms with Crippen LogP contribution in [0.25, 0.3) is 5.69 Å². The predicted molar refractivity (Wildman–Crippen MR) is 99.7 cm³/mol. The zero-order valence-electron chi connectivity index (χ0n) is 15.3. The Morgan fingerprint density at radius 2 is 2.00 bits per heavy atom. The van der Waals surface area contributed by atoms with E-state index in [0.717, 1.165) is 50.5 Å². The van der Waals surface area contributed by atoms with E-state index in [-0.39, 0.29) is 12.1 Å². The molecule has 1 aromatic heterocycles. The highest BCUT2D eigenvalue weighted by molar-refractivity contribution is 5.89. The van der Waals surface area contributed by atoms with Gasteiger partial charge in [-0.25, -0.2) is 9.48 Å². The maximum Gasteiger partial charge on any atom is 0.319 e. The van der Waals surface area contributed by atoms with Gasteiger partial charge in [0, 0.05) is 38.0 Å². The summed E-state index contributed by atoms with van der Waals surface area (Å²) in [5.74, 6) is 0. The Bertz CT molecular complexity index is 721. The summed E-state index contributed by atoms with van der Waals surface area (Å²) >= 11 is 0. The first-order chi connectivity index (χ1) is 13.3. The van der Waals surface area contributed by atoms with Gasteiger partial charge in [-0.15, -0.1) is 5.10 Å². The number of carbonyl (C=O) groups excluding carboxylic acids is 1. The molecule has 0 unspecified atom stereocenters. The summed E-state index contributed by atoms with van der Waals surface area (Å²) in [5, 5.41) is 17.0. The van der Waals surface area contributed by atoms with Crippen molar-refractivity contribution in [1.29, 1.82) is 0 Å². The van der Waals surface area contributed by atoms with Gasteiger partial charge in [0.1, 0.15) is 6.33 Å². The van der Waals surface area contributed by atoms with Crippen LogP contribution < -0.4 is 10.6 Å². The number of carbonyl (C=O) groups is 1. The second-order valence-corrected chi connectivity index (χ2v) is 7.11. The minimum absolute atomic E-state index is 0.164. The van der Waals surface area contributed by atoms with Gasteiger partial charge in [-0.3, -0.25) is 0 Å². The van der Waals surface area contributed by atoms with Gasteiger partial charge in [-0.1, -0.05) is 0 Å². The largest absolute Gasteiger partial charge is 0.377 e. The van der Waals surface area contributed by atoms with Gasteiger partial charge in [0.2, 0.25) is 0 Å². The molecule has 2 fully saturated rings. The van der Waals surface area contributed by atoms with Crippen LogP contribution in [0.2, 0.25) is 0 Å². The molecule has 2 amide bonds. The van der Waals surface area contributed by atoms with Gasteiger partial charge in [-0.2, -0.15) is 0 Å². The Kier molecular flexibility index (Phi) is 5.59. The zero-order chi connectivity index (χ0) is 18.5. The Balaban J connectivity index is 1.20. The fourth-order valence-electron chi connectivity index (χ4n) is 3.67. The molecule has 9 heteroatoms. The molecule has 9 nitrogen and oxygen atoms in total. The quantitative estimate of drug-likeness (QED) is 0.825. The number of nitrogens with one attached hydrogen (secondary N) is 2. The fraction of sp³-hybridized carbons (Fsp3) is 0.556. The van der Waals surface area contributed by atoms with E-state index in [1.54, 1.807) is 4.68 Å². The second-order valence-electron chi connectivity index (χ2n) is 7.11. The van der Waals surface area contributed by atoms with Crippen LogP contribution in [0.15, 0.2) is 30.6 Å². The first-order valence-corrected chi connectivity index (χ1v) is 9.51. The molecule has 0 radical (unpaired) electrons. The van der Waals surface area contributed by atoms with Gasteiger partial charge >= 0.3 is 6.03 Å². The Hall–Kier alpha value is -2.52. The first-order valence-electron chi connectivity index (χ1n) is 9.51. The first kappa shape index (κ1) is 17.9. The van der Waals surface area contributed by atoms with Crippen molar-refractivity contribution < 1.29 is 9.53 Å². The van der Waals surface area contributed by atoms with Crippen molar-refractivity contribution in [2.45, 2.75) is 37.8 Å². The van der Waals surface area contributed by atoms with Crippen molar-refractivity contribution >= 4 is 11.7 Å². The van der Waals surface area contributed by atoms with E-state index >= 15 is 0 Å². The van der Waals surface area contributed by atoms with E-state index in [9.17, 15) is 4.79 Å². The summed E-state index contributed by atoms with van der Waals surface area (Å²) in [6.07, 6.45) is 6.22. The molecule has 0 spiro atoms. The van der Waals surface area contributed by atoms with E-state index in [1.807, 2.05) is 24.3 Å². The number of ether oxygens (including phenoxy) is 1. The summed E-state index contributed by atoms with van der Waals surface area (Å²) in [4.78, 5) is 14.7. The summed E-state index contributed by atoms with van der Waals surface area (Å²) in [7, 11) is 0. The lowest BCUT2D eigenvalue weighted by atomic mass is 10.0. The van der Waals surface area contributed by atoms with Crippen molar-refractivity contribution in [2.75, 3.05) is 31.6 Å². The maximum atomic E-state index is 12.3. The van der Waals surface area contributed by atoms with E-state index in [2.05, 4.69) is 31.1 Å². The van der Waals surface area contributed by atoms with Crippen molar-refractivity contribution in [3.63, 3.8) is 0 Å². The SMILES string of the molecule is O=C(Nc1ccc(-n2cnnn2)cc1)NC1CCN(C[C@H]2CCCO2)CC1. The van der Waals surface area contributed by atoms with Crippen LogP contribution in [-0.4, -0.2) is 69.5 Å². The van der Waals surface area contributed by atoms with E-state index in [0.29, 0.717) is 6.10 Å². The topological polar surface area (TPSA) is 97.2 Å². The van der Waals surface area contributed by atoms with Gasteiger partial charge in [0.15, 0.2) is 0 Å². The molecular weight excluding hydrogens is 346 g/mol. The molecule has 1 aromatic carbocycles. The van der Waals surface area contributed by atoms with Crippen molar-refractivity contribution in [1.82, 2.24) is 30.4 Å².